The molecule has 2 aliphatic rings. The quantitative estimate of drug-likeness (QED) is 0.745. The molecule has 2 aliphatic heterocycles. The largest absolute Gasteiger partial charge is 0.481 e. The second-order valence-corrected chi connectivity index (χ2v) is 8.85. The lowest BCUT2D eigenvalue weighted by Gasteiger charge is -2.38. The Morgan fingerprint density at radius 2 is 2.00 bits per heavy atom. The van der Waals surface area contributed by atoms with Gasteiger partial charge in [0.15, 0.2) is 6.10 Å². The summed E-state index contributed by atoms with van der Waals surface area (Å²) in [7, 11) is 0. The molecule has 1 aromatic rings. The van der Waals surface area contributed by atoms with Gasteiger partial charge in [0.1, 0.15) is 5.75 Å². The Morgan fingerprint density at radius 3 is 2.70 bits per heavy atom. The second kappa shape index (κ2) is 9.29. The Hall–Kier alpha value is -1.26. The molecule has 1 aromatic carbocycles. The van der Waals surface area contributed by atoms with Crippen molar-refractivity contribution in [2.45, 2.75) is 52.6 Å². The van der Waals surface area contributed by atoms with Gasteiger partial charge in [0.05, 0.1) is 0 Å². The van der Waals surface area contributed by atoms with Crippen LogP contribution >= 0.6 is 11.6 Å². The van der Waals surface area contributed by atoms with E-state index in [1.54, 1.807) is 0 Å². The summed E-state index contributed by atoms with van der Waals surface area (Å²) >= 11 is 6.07. The normalized spacial score (nSPS) is 23.3. The number of rotatable bonds is 5. The summed E-state index contributed by atoms with van der Waals surface area (Å²) in [6.07, 6.45) is 4.45. The number of ether oxygens (including phenoxy) is 1. The first kappa shape index (κ1) is 20.5. The van der Waals surface area contributed by atoms with Crippen LogP contribution in [0.4, 0.5) is 0 Å². The summed E-state index contributed by atoms with van der Waals surface area (Å²) < 4.78 is 5.90. The lowest BCUT2D eigenvalue weighted by molar-refractivity contribution is -0.140. The van der Waals surface area contributed by atoms with Gasteiger partial charge in [0, 0.05) is 24.7 Å². The maximum atomic E-state index is 12.9. The van der Waals surface area contributed by atoms with E-state index in [2.05, 4.69) is 11.8 Å². The Bertz CT molecular complexity index is 643. The standard InChI is InChI=1S/C22H33ClN2O2/c1-16-8-11-24(12-9-16)14-19-5-4-10-25(15-19)22(26)18(3)27-20-6-7-21(23)17(2)13-20/h6-7,13,16,18-19H,4-5,8-12,14-15H2,1-3H3. The highest BCUT2D eigenvalue weighted by Gasteiger charge is 2.29. The molecular formula is C22H33ClN2O2. The van der Waals surface area contributed by atoms with Crippen molar-refractivity contribution in [1.82, 2.24) is 9.80 Å². The average Bonchev–Trinajstić information content (AvgIpc) is 2.66. The predicted molar refractivity (Wildman–Crippen MR) is 110 cm³/mol. The predicted octanol–water partition coefficient (Wildman–Crippen LogP) is 4.39. The fourth-order valence-electron chi connectivity index (χ4n) is 4.23. The highest BCUT2D eigenvalue weighted by atomic mass is 35.5. The fourth-order valence-corrected chi connectivity index (χ4v) is 4.34. The number of carbonyl (C=O) groups is 1. The third kappa shape index (κ3) is 5.61. The van der Waals surface area contributed by atoms with E-state index >= 15 is 0 Å². The van der Waals surface area contributed by atoms with Gasteiger partial charge in [0.2, 0.25) is 0 Å². The summed E-state index contributed by atoms with van der Waals surface area (Å²) in [4.78, 5) is 17.5. The number of amides is 1. The number of carbonyl (C=O) groups excluding carboxylic acids is 1. The number of hydrogen-bond donors (Lipinski definition) is 0. The van der Waals surface area contributed by atoms with Crippen LogP contribution in [-0.4, -0.2) is 54.5 Å². The summed E-state index contributed by atoms with van der Waals surface area (Å²) in [6.45, 7) is 11.4. The molecule has 0 spiro atoms. The van der Waals surface area contributed by atoms with Crippen LogP contribution in [0.25, 0.3) is 0 Å². The summed E-state index contributed by atoms with van der Waals surface area (Å²) in [5.41, 5.74) is 0.961. The van der Waals surface area contributed by atoms with Crippen LogP contribution in [0.1, 0.15) is 45.1 Å². The zero-order valence-electron chi connectivity index (χ0n) is 16.9. The Labute approximate surface area is 168 Å². The number of nitrogens with zero attached hydrogens (tertiary/aromatic N) is 2. The molecular weight excluding hydrogens is 360 g/mol. The van der Waals surface area contributed by atoms with Crippen molar-refractivity contribution in [1.29, 1.82) is 0 Å². The first-order valence-electron chi connectivity index (χ1n) is 10.4. The maximum Gasteiger partial charge on any atom is 0.263 e. The van der Waals surface area contributed by atoms with Crippen molar-refractivity contribution in [2.24, 2.45) is 11.8 Å². The topological polar surface area (TPSA) is 32.8 Å². The maximum absolute atomic E-state index is 12.9. The number of likely N-dealkylation sites (tertiary alicyclic amines) is 2. The van der Waals surface area contributed by atoms with E-state index in [0.717, 1.165) is 37.5 Å². The van der Waals surface area contributed by atoms with Crippen LogP contribution < -0.4 is 4.74 Å². The summed E-state index contributed by atoms with van der Waals surface area (Å²) in [6, 6.07) is 5.54. The van der Waals surface area contributed by atoms with Crippen molar-refractivity contribution in [3.63, 3.8) is 0 Å². The van der Waals surface area contributed by atoms with Gasteiger partial charge in [-0.3, -0.25) is 4.79 Å². The van der Waals surface area contributed by atoms with Gasteiger partial charge < -0.3 is 14.5 Å². The minimum Gasteiger partial charge on any atom is -0.481 e. The van der Waals surface area contributed by atoms with Crippen molar-refractivity contribution in [3.8, 4) is 5.75 Å². The van der Waals surface area contributed by atoms with Crippen LogP contribution in [-0.2, 0) is 4.79 Å². The van der Waals surface area contributed by atoms with E-state index in [1.165, 1.54) is 32.4 Å². The molecule has 0 aromatic heterocycles. The van der Waals surface area contributed by atoms with Gasteiger partial charge in [-0.05, 0) is 88.2 Å². The molecule has 2 fully saturated rings. The minimum absolute atomic E-state index is 0.0968. The van der Waals surface area contributed by atoms with Gasteiger partial charge in [-0.25, -0.2) is 0 Å². The first-order chi connectivity index (χ1) is 12.9. The van der Waals surface area contributed by atoms with Crippen LogP contribution in [0.2, 0.25) is 5.02 Å². The number of benzene rings is 1. The number of aryl methyl sites for hydroxylation is 1. The third-order valence-corrected chi connectivity index (χ3v) is 6.44. The Morgan fingerprint density at radius 1 is 1.26 bits per heavy atom. The monoisotopic (exact) mass is 392 g/mol. The zero-order valence-corrected chi connectivity index (χ0v) is 17.7. The smallest absolute Gasteiger partial charge is 0.263 e. The van der Waals surface area contributed by atoms with Crippen molar-refractivity contribution >= 4 is 17.5 Å². The molecule has 27 heavy (non-hydrogen) atoms. The summed E-state index contributed by atoms with van der Waals surface area (Å²) in [5.74, 6) is 2.24. The molecule has 0 saturated carbocycles. The molecule has 0 bridgehead atoms. The lowest BCUT2D eigenvalue weighted by Crippen LogP contribution is -2.48. The fraction of sp³-hybridized carbons (Fsp3) is 0.682. The number of hydrogen-bond acceptors (Lipinski definition) is 3. The molecule has 0 aliphatic carbocycles. The molecule has 5 heteroatoms. The van der Waals surface area contributed by atoms with Crippen LogP contribution in [0.15, 0.2) is 18.2 Å². The third-order valence-electron chi connectivity index (χ3n) is 6.01. The average molecular weight is 393 g/mol. The van der Waals surface area contributed by atoms with Crippen molar-refractivity contribution < 1.29 is 9.53 Å². The highest BCUT2D eigenvalue weighted by Crippen LogP contribution is 2.24. The van der Waals surface area contributed by atoms with Gasteiger partial charge in [0.25, 0.3) is 5.91 Å². The van der Waals surface area contributed by atoms with E-state index in [9.17, 15) is 4.79 Å². The summed E-state index contributed by atoms with van der Waals surface area (Å²) in [5, 5.41) is 0.715. The van der Waals surface area contributed by atoms with E-state index in [0.29, 0.717) is 16.7 Å². The lowest BCUT2D eigenvalue weighted by atomic mass is 9.94. The van der Waals surface area contributed by atoms with Gasteiger partial charge in [-0.15, -0.1) is 0 Å². The molecule has 3 rings (SSSR count). The molecule has 2 saturated heterocycles. The van der Waals surface area contributed by atoms with Gasteiger partial charge >= 0.3 is 0 Å². The van der Waals surface area contributed by atoms with Crippen LogP contribution in [0, 0.1) is 18.8 Å². The van der Waals surface area contributed by atoms with Gasteiger partial charge in [-0.2, -0.15) is 0 Å². The molecule has 2 atom stereocenters. The molecule has 2 heterocycles. The number of piperidine rings is 2. The Kier molecular flexibility index (Phi) is 7.04. The molecule has 2 unspecified atom stereocenters. The van der Waals surface area contributed by atoms with Crippen LogP contribution in [0.5, 0.6) is 5.75 Å². The minimum atomic E-state index is -0.472. The molecule has 0 N–H and O–H groups in total. The second-order valence-electron chi connectivity index (χ2n) is 8.45. The van der Waals surface area contributed by atoms with Crippen molar-refractivity contribution in [2.75, 3.05) is 32.7 Å². The van der Waals surface area contributed by atoms with Gasteiger partial charge in [-0.1, -0.05) is 18.5 Å². The molecule has 4 nitrogen and oxygen atoms in total. The van der Waals surface area contributed by atoms with E-state index in [-0.39, 0.29) is 5.91 Å². The molecule has 150 valence electrons. The SMILES string of the molecule is Cc1cc(OC(C)C(=O)N2CCCC(CN3CCC(C)CC3)C2)ccc1Cl. The van der Waals surface area contributed by atoms with E-state index in [4.69, 9.17) is 16.3 Å². The number of halogens is 1. The van der Waals surface area contributed by atoms with Crippen molar-refractivity contribution in [3.05, 3.63) is 28.8 Å². The first-order valence-corrected chi connectivity index (χ1v) is 10.7. The van der Waals surface area contributed by atoms with E-state index < -0.39 is 6.10 Å². The molecule has 0 radical (unpaired) electrons. The zero-order chi connectivity index (χ0) is 19.4. The van der Waals surface area contributed by atoms with Crippen LogP contribution in [0.3, 0.4) is 0 Å². The Balaban J connectivity index is 1.51. The highest BCUT2D eigenvalue weighted by molar-refractivity contribution is 6.31. The molecule has 1 amide bonds. The van der Waals surface area contributed by atoms with E-state index in [1.807, 2.05) is 36.9 Å².